The first-order valence-electron chi connectivity index (χ1n) is 7.14. The van der Waals surface area contributed by atoms with Gasteiger partial charge in [-0.1, -0.05) is 0 Å². The van der Waals surface area contributed by atoms with Crippen molar-refractivity contribution in [3.8, 4) is 0 Å². The van der Waals surface area contributed by atoms with Crippen molar-refractivity contribution in [2.24, 2.45) is 5.41 Å². The summed E-state index contributed by atoms with van der Waals surface area (Å²) < 4.78 is 1.69. The molecule has 0 aliphatic carbocycles. The fourth-order valence-corrected chi connectivity index (χ4v) is 3.19. The number of piperidine rings is 1. The van der Waals surface area contributed by atoms with Crippen molar-refractivity contribution >= 4 is 11.8 Å². The zero-order valence-electron chi connectivity index (χ0n) is 11.7. The maximum atomic E-state index is 12.4. The minimum absolute atomic E-state index is 0.0861. The summed E-state index contributed by atoms with van der Waals surface area (Å²) in [5.74, 6) is 0.260. The fourth-order valence-electron chi connectivity index (χ4n) is 3.19. The van der Waals surface area contributed by atoms with Gasteiger partial charge in [0.1, 0.15) is 6.04 Å². The molecule has 2 saturated heterocycles. The van der Waals surface area contributed by atoms with E-state index in [1.807, 2.05) is 24.1 Å². The lowest BCUT2D eigenvalue weighted by atomic mass is 9.77. The Bertz CT molecular complexity index is 503. The van der Waals surface area contributed by atoms with Crippen LogP contribution < -0.4 is 5.32 Å². The van der Waals surface area contributed by atoms with Gasteiger partial charge in [-0.25, -0.2) is 0 Å². The predicted octanol–water partition coefficient (Wildman–Crippen LogP) is 0.573. The van der Waals surface area contributed by atoms with Crippen LogP contribution in [0.25, 0.3) is 0 Å². The summed E-state index contributed by atoms with van der Waals surface area (Å²) in [5.41, 5.74) is 0.0861. The van der Waals surface area contributed by atoms with E-state index in [9.17, 15) is 9.59 Å². The summed E-state index contributed by atoms with van der Waals surface area (Å²) in [6.07, 6.45) is 5.93. The first kappa shape index (κ1) is 13.1. The van der Waals surface area contributed by atoms with E-state index in [4.69, 9.17) is 0 Å². The van der Waals surface area contributed by atoms with Crippen molar-refractivity contribution in [3.63, 3.8) is 0 Å². The number of hydrogen-bond donors (Lipinski definition) is 1. The maximum absolute atomic E-state index is 12.4. The molecule has 3 heterocycles. The first-order valence-corrected chi connectivity index (χ1v) is 7.14. The molecule has 6 heteroatoms. The molecule has 1 N–H and O–H groups in total. The molecule has 6 nitrogen and oxygen atoms in total. The van der Waals surface area contributed by atoms with Gasteiger partial charge in [-0.2, -0.15) is 5.10 Å². The van der Waals surface area contributed by atoms with Crippen LogP contribution in [0.3, 0.4) is 0 Å². The fraction of sp³-hybridized carbons (Fsp3) is 0.643. The summed E-state index contributed by atoms with van der Waals surface area (Å²) in [6.45, 7) is 4.11. The Kier molecular flexibility index (Phi) is 3.23. The average molecular weight is 276 g/mol. The molecular formula is C14H20N4O2. The maximum Gasteiger partial charge on any atom is 0.247 e. The second-order valence-electron chi connectivity index (χ2n) is 5.94. The molecular weight excluding hydrogens is 256 g/mol. The van der Waals surface area contributed by atoms with Gasteiger partial charge in [0, 0.05) is 38.4 Å². The minimum Gasteiger partial charge on any atom is -0.356 e. The molecule has 2 fully saturated rings. The standard InChI is InChI=1S/C14H20N4O2/c1-11(18-6-2-5-16-18)13(20)17-7-3-14(4-8-17)9-12(19)15-10-14/h2,5-6,11H,3-4,7-10H2,1H3,(H,15,19). The highest BCUT2D eigenvalue weighted by Gasteiger charge is 2.42. The van der Waals surface area contributed by atoms with Crippen LogP contribution in [0.4, 0.5) is 0 Å². The van der Waals surface area contributed by atoms with Gasteiger partial charge in [-0.05, 0) is 31.2 Å². The molecule has 20 heavy (non-hydrogen) atoms. The van der Waals surface area contributed by atoms with Crippen molar-refractivity contribution in [2.45, 2.75) is 32.2 Å². The first-order chi connectivity index (χ1) is 9.60. The lowest BCUT2D eigenvalue weighted by Gasteiger charge is -2.39. The molecule has 0 radical (unpaired) electrons. The molecule has 3 rings (SSSR count). The largest absolute Gasteiger partial charge is 0.356 e. The van der Waals surface area contributed by atoms with Crippen LogP contribution in [0.5, 0.6) is 0 Å². The lowest BCUT2D eigenvalue weighted by molar-refractivity contribution is -0.136. The van der Waals surface area contributed by atoms with Crippen LogP contribution in [0.2, 0.25) is 0 Å². The summed E-state index contributed by atoms with van der Waals surface area (Å²) in [6, 6.07) is 1.56. The van der Waals surface area contributed by atoms with Crippen LogP contribution in [-0.4, -0.2) is 46.1 Å². The molecule has 0 bridgehead atoms. The Morgan fingerprint density at radius 2 is 2.20 bits per heavy atom. The Labute approximate surface area is 118 Å². The topological polar surface area (TPSA) is 67.2 Å². The molecule has 1 aromatic heterocycles. The van der Waals surface area contributed by atoms with Gasteiger partial charge >= 0.3 is 0 Å². The van der Waals surface area contributed by atoms with E-state index >= 15 is 0 Å². The summed E-state index contributed by atoms with van der Waals surface area (Å²) in [7, 11) is 0. The third-order valence-corrected chi connectivity index (χ3v) is 4.61. The summed E-state index contributed by atoms with van der Waals surface area (Å²) in [5, 5.41) is 7.04. The number of nitrogens with one attached hydrogen (secondary N) is 1. The van der Waals surface area contributed by atoms with Crippen LogP contribution in [0.1, 0.15) is 32.2 Å². The molecule has 2 aliphatic rings. The van der Waals surface area contributed by atoms with E-state index < -0.39 is 0 Å². The van der Waals surface area contributed by atoms with E-state index in [-0.39, 0.29) is 23.3 Å². The van der Waals surface area contributed by atoms with Crippen molar-refractivity contribution < 1.29 is 9.59 Å². The van der Waals surface area contributed by atoms with Gasteiger partial charge in [0.15, 0.2) is 0 Å². The van der Waals surface area contributed by atoms with Gasteiger partial charge < -0.3 is 10.2 Å². The number of nitrogens with zero attached hydrogens (tertiary/aromatic N) is 3. The van der Waals surface area contributed by atoms with Crippen molar-refractivity contribution in [3.05, 3.63) is 18.5 Å². The molecule has 0 aromatic carbocycles. The average Bonchev–Trinajstić information content (AvgIpc) is 3.09. The number of rotatable bonds is 2. The van der Waals surface area contributed by atoms with Crippen molar-refractivity contribution in [1.29, 1.82) is 0 Å². The van der Waals surface area contributed by atoms with Gasteiger partial charge in [0.05, 0.1) is 0 Å². The molecule has 1 aromatic rings. The second-order valence-corrected chi connectivity index (χ2v) is 5.94. The number of hydrogen-bond acceptors (Lipinski definition) is 3. The number of carbonyl (C=O) groups is 2. The van der Waals surface area contributed by atoms with Gasteiger partial charge in [0.2, 0.25) is 11.8 Å². The normalized spacial score (nSPS) is 22.9. The van der Waals surface area contributed by atoms with E-state index in [0.717, 1.165) is 32.5 Å². The number of amides is 2. The lowest BCUT2D eigenvalue weighted by Crippen LogP contribution is -2.46. The van der Waals surface area contributed by atoms with E-state index in [1.165, 1.54) is 0 Å². The molecule has 1 spiro atoms. The number of aromatic nitrogens is 2. The minimum atomic E-state index is -0.262. The number of likely N-dealkylation sites (tertiary alicyclic amines) is 1. The highest BCUT2D eigenvalue weighted by molar-refractivity contribution is 5.81. The van der Waals surface area contributed by atoms with Crippen LogP contribution in [0.15, 0.2) is 18.5 Å². The molecule has 2 aliphatic heterocycles. The van der Waals surface area contributed by atoms with Crippen LogP contribution in [0, 0.1) is 5.41 Å². The highest BCUT2D eigenvalue weighted by atomic mass is 16.2. The van der Waals surface area contributed by atoms with Crippen LogP contribution in [-0.2, 0) is 9.59 Å². The second kappa shape index (κ2) is 4.92. The van der Waals surface area contributed by atoms with Gasteiger partial charge in [-0.15, -0.1) is 0 Å². The SMILES string of the molecule is CC(C(=O)N1CCC2(CC1)CNC(=O)C2)n1cccn1. The Hall–Kier alpha value is -1.85. The summed E-state index contributed by atoms with van der Waals surface area (Å²) >= 11 is 0. The predicted molar refractivity (Wildman–Crippen MR) is 72.8 cm³/mol. The number of carbonyl (C=O) groups excluding carboxylic acids is 2. The quantitative estimate of drug-likeness (QED) is 0.859. The Balaban J connectivity index is 1.61. The third kappa shape index (κ3) is 2.30. The zero-order chi connectivity index (χ0) is 14.2. The Morgan fingerprint density at radius 3 is 2.75 bits per heavy atom. The van der Waals surface area contributed by atoms with Gasteiger partial charge in [-0.3, -0.25) is 14.3 Å². The van der Waals surface area contributed by atoms with E-state index in [1.54, 1.807) is 10.9 Å². The van der Waals surface area contributed by atoms with Gasteiger partial charge in [0.25, 0.3) is 0 Å². The van der Waals surface area contributed by atoms with Crippen molar-refractivity contribution in [2.75, 3.05) is 19.6 Å². The third-order valence-electron chi connectivity index (χ3n) is 4.61. The molecule has 2 amide bonds. The van der Waals surface area contributed by atoms with Crippen LogP contribution >= 0.6 is 0 Å². The highest BCUT2D eigenvalue weighted by Crippen LogP contribution is 2.37. The summed E-state index contributed by atoms with van der Waals surface area (Å²) in [4.78, 5) is 25.7. The Morgan fingerprint density at radius 1 is 1.45 bits per heavy atom. The molecule has 1 atom stereocenters. The monoisotopic (exact) mass is 276 g/mol. The molecule has 0 saturated carbocycles. The molecule has 108 valence electrons. The van der Waals surface area contributed by atoms with Crippen molar-refractivity contribution in [1.82, 2.24) is 20.0 Å². The zero-order valence-corrected chi connectivity index (χ0v) is 11.7. The molecule has 1 unspecified atom stereocenters. The van der Waals surface area contributed by atoms with E-state index in [2.05, 4.69) is 10.4 Å². The smallest absolute Gasteiger partial charge is 0.247 e. The van der Waals surface area contributed by atoms with E-state index in [0.29, 0.717) is 6.42 Å².